The van der Waals surface area contributed by atoms with E-state index in [4.69, 9.17) is 0 Å². The highest BCUT2D eigenvalue weighted by Gasteiger charge is 2.61. The lowest BCUT2D eigenvalue weighted by atomic mass is 9.45. The molecule has 0 aromatic carbocycles. The van der Waals surface area contributed by atoms with E-state index in [-0.39, 0.29) is 6.10 Å². The summed E-state index contributed by atoms with van der Waals surface area (Å²) in [6.45, 7) is 5.18. The van der Waals surface area contributed by atoms with E-state index in [0.717, 1.165) is 45.3 Å². The molecule has 0 amide bonds. The fourth-order valence-corrected chi connectivity index (χ4v) is 9.22. The molecule has 4 saturated carbocycles. The number of fused-ring (bicyclic) bond motifs is 5. The van der Waals surface area contributed by atoms with Crippen molar-refractivity contribution in [1.29, 1.82) is 0 Å². The SMILES string of the molecule is C[C@]12CC[C@H](O)CC1CCC1C2CC[C@@]2(C)C1C[C@@H](Br)C2I. The van der Waals surface area contributed by atoms with Crippen LogP contribution in [-0.4, -0.2) is 20.0 Å². The third-order valence-electron chi connectivity index (χ3n) is 8.50. The van der Waals surface area contributed by atoms with Crippen LogP contribution in [0.25, 0.3) is 0 Å². The molecule has 0 saturated heterocycles. The molecular formula is C19H30BrIO. The molecule has 4 rings (SSSR count). The Morgan fingerprint density at radius 3 is 2.45 bits per heavy atom. The molecule has 22 heavy (non-hydrogen) atoms. The lowest BCUT2D eigenvalue weighted by molar-refractivity contribution is -0.119. The monoisotopic (exact) mass is 480 g/mol. The zero-order chi connectivity index (χ0) is 15.7. The van der Waals surface area contributed by atoms with E-state index < -0.39 is 0 Å². The van der Waals surface area contributed by atoms with E-state index in [2.05, 4.69) is 52.4 Å². The van der Waals surface area contributed by atoms with Crippen molar-refractivity contribution >= 4 is 38.5 Å². The molecular weight excluding hydrogens is 451 g/mol. The number of aliphatic hydroxyl groups excluding tert-OH is 1. The molecule has 1 N–H and O–H groups in total. The van der Waals surface area contributed by atoms with E-state index in [0.29, 0.717) is 10.8 Å². The minimum Gasteiger partial charge on any atom is -0.393 e. The summed E-state index contributed by atoms with van der Waals surface area (Å²) in [5.74, 6) is 3.61. The molecule has 0 aromatic rings. The first-order valence-electron chi connectivity index (χ1n) is 9.32. The second-order valence-corrected chi connectivity index (χ2v) is 11.8. The smallest absolute Gasteiger partial charge is 0.0543 e. The van der Waals surface area contributed by atoms with Gasteiger partial charge < -0.3 is 5.11 Å². The summed E-state index contributed by atoms with van der Waals surface area (Å²) in [6, 6.07) is 0. The molecule has 0 aliphatic heterocycles. The van der Waals surface area contributed by atoms with Crippen molar-refractivity contribution in [3.63, 3.8) is 0 Å². The van der Waals surface area contributed by atoms with Crippen LogP contribution in [0.2, 0.25) is 0 Å². The molecule has 4 aliphatic carbocycles. The Morgan fingerprint density at radius 2 is 1.68 bits per heavy atom. The first-order valence-corrected chi connectivity index (χ1v) is 11.5. The van der Waals surface area contributed by atoms with Gasteiger partial charge in [0.25, 0.3) is 0 Å². The maximum atomic E-state index is 10.1. The molecule has 3 heteroatoms. The predicted octanol–water partition coefficient (Wildman–Crippen LogP) is 5.57. The lowest BCUT2D eigenvalue weighted by Gasteiger charge is -2.60. The number of hydrogen-bond donors (Lipinski definition) is 1. The van der Waals surface area contributed by atoms with Gasteiger partial charge in [0.15, 0.2) is 0 Å². The number of hydrogen-bond acceptors (Lipinski definition) is 1. The Balaban J connectivity index is 1.63. The minimum absolute atomic E-state index is 0.0133. The van der Waals surface area contributed by atoms with Crippen molar-refractivity contribution in [3.8, 4) is 0 Å². The number of alkyl halides is 2. The summed E-state index contributed by atoms with van der Waals surface area (Å²) in [7, 11) is 0. The van der Waals surface area contributed by atoms with Gasteiger partial charge in [0.1, 0.15) is 0 Å². The van der Waals surface area contributed by atoms with Crippen molar-refractivity contribution in [2.45, 2.75) is 80.1 Å². The Bertz CT molecular complexity index is 457. The molecule has 5 unspecified atom stereocenters. The van der Waals surface area contributed by atoms with Gasteiger partial charge in [-0.3, -0.25) is 0 Å². The van der Waals surface area contributed by atoms with Crippen LogP contribution >= 0.6 is 38.5 Å². The van der Waals surface area contributed by atoms with E-state index in [9.17, 15) is 5.11 Å². The van der Waals surface area contributed by atoms with E-state index in [1.54, 1.807) is 0 Å². The molecule has 4 aliphatic rings. The van der Waals surface area contributed by atoms with Gasteiger partial charge in [-0.1, -0.05) is 52.4 Å². The molecule has 126 valence electrons. The highest BCUT2D eigenvalue weighted by Crippen LogP contribution is 2.67. The topological polar surface area (TPSA) is 20.2 Å². The Labute approximate surface area is 157 Å². The van der Waals surface area contributed by atoms with Crippen molar-refractivity contribution in [2.75, 3.05) is 0 Å². The first-order chi connectivity index (χ1) is 10.4. The van der Waals surface area contributed by atoms with Crippen molar-refractivity contribution < 1.29 is 5.11 Å². The average molecular weight is 481 g/mol. The summed E-state index contributed by atoms with van der Waals surface area (Å²) >= 11 is 6.73. The van der Waals surface area contributed by atoms with E-state index in [1.165, 1.54) is 38.5 Å². The van der Waals surface area contributed by atoms with Gasteiger partial charge in [0.05, 0.1) is 6.10 Å². The summed E-state index contributed by atoms with van der Waals surface area (Å²) in [5.41, 5.74) is 1.09. The zero-order valence-electron chi connectivity index (χ0n) is 13.9. The van der Waals surface area contributed by atoms with Crippen LogP contribution in [0.5, 0.6) is 0 Å². The van der Waals surface area contributed by atoms with E-state index >= 15 is 0 Å². The summed E-state index contributed by atoms with van der Waals surface area (Å²) in [6.07, 6.45) is 10.5. The van der Waals surface area contributed by atoms with Gasteiger partial charge in [-0.25, -0.2) is 0 Å². The van der Waals surface area contributed by atoms with Crippen molar-refractivity contribution in [1.82, 2.24) is 0 Å². The van der Waals surface area contributed by atoms with Gasteiger partial charge in [-0.05, 0) is 85.9 Å². The van der Waals surface area contributed by atoms with Crippen LogP contribution in [0, 0.1) is 34.5 Å². The van der Waals surface area contributed by atoms with Crippen molar-refractivity contribution in [3.05, 3.63) is 0 Å². The number of halogens is 2. The van der Waals surface area contributed by atoms with Crippen LogP contribution in [0.15, 0.2) is 0 Å². The highest BCUT2D eigenvalue weighted by atomic mass is 127. The molecule has 0 radical (unpaired) electrons. The Morgan fingerprint density at radius 1 is 0.955 bits per heavy atom. The number of aliphatic hydroxyl groups is 1. The van der Waals surface area contributed by atoms with E-state index in [1.807, 2.05) is 0 Å². The van der Waals surface area contributed by atoms with Crippen LogP contribution in [-0.2, 0) is 0 Å². The van der Waals surface area contributed by atoms with Gasteiger partial charge in [0.2, 0.25) is 0 Å². The maximum Gasteiger partial charge on any atom is 0.0543 e. The highest BCUT2D eigenvalue weighted by molar-refractivity contribution is 14.1. The zero-order valence-corrected chi connectivity index (χ0v) is 17.6. The first kappa shape index (κ1) is 16.6. The average Bonchev–Trinajstić information content (AvgIpc) is 2.72. The molecule has 9 atom stereocenters. The van der Waals surface area contributed by atoms with Gasteiger partial charge in [0, 0.05) is 8.75 Å². The molecule has 1 nitrogen and oxygen atoms in total. The fourth-order valence-electron chi connectivity index (χ4n) is 7.14. The summed E-state index contributed by atoms with van der Waals surface area (Å²) < 4.78 is 0.801. The Kier molecular flexibility index (Phi) is 4.22. The largest absolute Gasteiger partial charge is 0.393 e. The van der Waals surface area contributed by atoms with Crippen LogP contribution in [0.4, 0.5) is 0 Å². The molecule has 0 aromatic heterocycles. The lowest BCUT2D eigenvalue weighted by Crippen LogP contribution is -2.54. The molecule has 0 spiro atoms. The second kappa shape index (κ2) is 5.59. The van der Waals surface area contributed by atoms with Gasteiger partial charge >= 0.3 is 0 Å². The molecule has 0 heterocycles. The number of rotatable bonds is 0. The van der Waals surface area contributed by atoms with Gasteiger partial charge in [-0.2, -0.15) is 0 Å². The third kappa shape index (κ3) is 2.23. The predicted molar refractivity (Wildman–Crippen MR) is 104 cm³/mol. The maximum absolute atomic E-state index is 10.1. The van der Waals surface area contributed by atoms with Crippen LogP contribution in [0.3, 0.4) is 0 Å². The quantitative estimate of drug-likeness (QED) is 0.355. The summed E-state index contributed by atoms with van der Waals surface area (Å²) in [4.78, 5) is 0.723. The minimum atomic E-state index is -0.0133. The normalized spacial score (nSPS) is 61.2. The van der Waals surface area contributed by atoms with Gasteiger partial charge in [-0.15, -0.1) is 0 Å². The van der Waals surface area contributed by atoms with Crippen molar-refractivity contribution in [2.24, 2.45) is 34.5 Å². The fraction of sp³-hybridized carbons (Fsp3) is 1.00. The third-order valence-corrected chi connectivity index (χ3v) is 12.7. The van der Waals surface area contributed by atoms with Crippen LogP contribution in [0.1, 0.15) is 65.2 Å². The Hall–Kier alpha value is 1.17. The summed E-state index contributed by atoms with van der Waals surface area (Å²) in [5, 5.41) is 10.1. The molecule has 0 bridgehead atoms. The van der Waals surface area contributed by atoms with Crippen LogP contribution < -0.4 is 0 Å². The molecule has 4 fully saturated rings. The standard InChI is InChI=1S/C19H30BrIO/c1-18-7-5-12(22)9-11(18)3-4-13-14(18)6-8-19(2)15(13)10-16(20)17(19)21/h11-17,22H,3-10H2,1-2H3/t11?,12-,13?,14?,15?,16+,17?,18-,19-/m0/s1. The second-order valence-electron chi connectivity index (χ2n) is 9.28.